The molecule has 0 spiro atoms. The number of hydrogen-bond acceptors (Lipinski definition) is 1. The lowest BCUT2D eigenvalue weighted by molar-refractivity contribution is 0.165. The topological polar surface area (TPSA) is 23.6 Å². The zero-order valence-electron chi connectivity index (χ0n) is 11.2. The van der Waals surface area contributed by atoms with Crippen LogP contribution in [0.4, 0.5) is 4.79 Å². The summed E-state index contributed by atoms with van der Waals surface area (Å²) in [5.41, 5.74) is 2.43. The average molecular weight is 234 g/mol. The minimum Gasteiger partial charge on any atom is -0.325 e. The standard InChI is InChI=1S/C14H22N2O/c1-5-16(6-2)14(17)15(4)11-13-10-8-7-9-12(13)3/h7-10H,5-6,11H2,1-4H3. The van der Waals surface area contributed by atoms with E-state index in [-0.39, 0.29) is 6.03 Å². The van der Waals surface area contributed by atoms with Crippen LogP contribution in [-0.2, 0) is 6.54 Å². The zero-order valence-corrected chi connectivity index (χ0v) is 11.2. The fraction of sp³-hybridized carbons (Fsp3) is 0.500. The van der Waals surface area contributed by atoms with E-state index in [0.29, 0.717) is 6.54 Å². The lowest BCUT2D eigenvalue weighted by Gasteiger charge is -2.26. The highest BCUT2D eigenvalue weighted by molar-refractivity contribution is 5.74. The largest absolute Gasteiger partial charge is 0.325 e. The number of carbonyl (C=O) groups is 1. The second-order valence-electron chi connectivity index (χ2n) is 4.24. The molecular formula is C14H22N2O. The molecule has 0 N–H and O–H groups in total. The van der Waals surface area contributed by atoms with Crippen molar-refractivity contribution < 1.29 is 4.79 Å². The Morgan fingerprint density at radius 3 is 2.29 bits per heavy atom. The minimum atomic E-state index is 0.0956. The van der Waals surface area contributed by atoms with E-state index < -0.39 is 0 Å². The van der Waals surface area contributed by atoms with Gasteiger partial charge in [0, 0.05) is 26.7 Å². The first kappa shape index (κ1) is 13.6. The van der Waals surface area contributed by atoms with Gasteiger partial charge in [-0.25, -0.2) is 4.79 Å². The van der Waals surface area contributed by atoms with Crippen molar-refractivity contribution in [2.45, 2.75) is 27.3 Å². The van der Waals surface area contributed by atoms with Gasteiger partial charge >= 0.3 is 6.03 Å². The Balaban J connectivity index is 2.69. The second kappa shape index (κ2) is 6.28. The molecule has 0 aliphatic rings. The minimum absolute atomic E-state index is 0.0956. The van der Waals surface area contributed by atoms with E-state index in [4.69, 9.17) is 0 Å². The molecule has 0 bridgehead atoms. The van der Waals surface area contributed by atoms with Crippen LogP contribution in [0.15, 0.2) is 24.3 Å². The Bertz CT molecular complexity index is 372. The van der Waals surface area contributed by atoms with E-state index in [1.54, 1.807) is 4.90 Å². The van der Waals surface area contributed by atoms with Crippen molar-refractivity contribution in [1.29, 1.82) is 0 Å². The van der Waals surface area contributed by atoms with Gasteiger partial charge in [-0.3, -0.25) is 0 Å². The van der Waals surface area contributed by atoms with Crippen molar-refractivity contribution in [2.24, 2.45) is 0 Å². The quantitative estimate of drug-likeness (QED) is 0.785. The van der Waals surface area contributed by atoms with Gasteiger partial charge in [-0.15, -0.1) is 0 Å². The number of nitrogens with zero attached hydrogens (tertiary/aromatic N) is 2. The maximum Gasteiger partial charge on any atom is 0.320 e. The molecule has 0 unspecified atom stereocenters. The summed E-state index contributed by atoms with van der Waals surface area (Å²) in [7, 11) is 1.85. The van der Waals surface area contributed by atoms with Crippen LogP contribution >= 0.6 is 0 Å². The third-order valence-electron chi connectivity index (χ3n) is 3.03. The normalized spacial score (nSPS) is 10.1. The smallest absolute Gasteiger partial charge is 0.320 e. The Morgan fingerprint density at radius 2 is 1.76 bits per heavy atom. The van der Waals surface area contributed by atoms with Crippen LogP contribution in [-0.4, -0.2) is 36.0 Å². The van der Waals surface area contributed by atoms with Crippen molar-refractivity contribution in [3.8, 4) is 0 Å². The third-order valence-corrected chi connectivity index (χ3v) is 3.03. The fourth-order valence-corrected chi connectivity index (χ4v) is 1.85. The summed E-state index contributed by atoms with van der Waals surface area (Å²) < 4.78 is 0. The van der Waals surface area contributed by atoms with E-state index in [1.165, 1.54) is 11.1 Å². The predicted molar refractivity (Wildman–Crippen MR) is 71.0 cm³/mol. The molecule has 94 valence electrons. The highest BCUT2D eigenvalue weighted by atomic mass is 16.2. The van der Waals surface area contributed by atoms with Crippen LogP contribution in [0.25, 0.3) is 0 Å². The number of hydrogen-bond donors (Lipinski definition) is 0. The Labute approximate surface area is 104 Å². The molecule has 0 aliphatic heterocycles. The van der Waals surface area contributed by atoms with Gasteiger partial charge in [-0.2, -0.15) is 0 Å². The van der Waals surface area contributed by atoms with Crippen LogP contribution in [0, 0.1) is 6.92 Å². The number of rotatable bonds is 4. The van der Waals surface area contributed by atoms with Crippen LogP contribution < -0.4 is 0 Å². The van der Waals surface area contributed by atoms with Crippen molar-refractivity contribution in [3.63, 3.8) is 0 Å². The van der Waals surface area contributed by atoms with Gasteiger partial charge in [0.05, 0.1) is 0 Å². The number of amides is 2. The van der Waals surface area contributed by atoms with E-state index >= 15 is 0 Å². The van der Waals surface area contributed by atoms with Gasteiger partial charge in [0.15, 0.2) is 0 Å². The van der Waals surface area contributed by atoms with Crippen molar-refractivity contribution in [1.82, 2.24) is 9.80 Å². The van der Waals surface area contributed by atoms with Gasteiger partial charge in [0.2, 0.25) is 0 Å². The van der Waals surface area contributed by atoms with Crippen molar-refractivity contribution in [3.05, 3.63) is 35.4 Å². The molecule has 0 fully saturated rings. The number of benzene rings is 1. The molecule has 0 saturated carbocycles. The Hall–Kier alpha value is -1.51. The van der Waals surface area contributed by atoms with Gasteiger partial charge in [-0.1, -0.05) is 24.3 Å². The van der Waals surface area contributed by atoms with Gasteiger partial charge < -0.3 is 9.80 Å². The summed E-state index contributed by atoms with van der Waals surface area (Å²) in [6.45, 7) is 8.26. The van der Waals surface area contributed by atoms with Crippen LogP contribution in [0.2, 0.25) is 0 Å². The number of carbonyl (C=O) groups excluding carboxylic acids is 1. The lowest BCUT2D eigenvalue weighted by atomic mass is 10.1. The van der Waals surface area contributed by atoms with Crippen LogP contribution in [0.1, 0.15) is 25.0 Å². The van der Waals surface area contributed by atoms with Crippen LogP contribution in [0.3, 0.4) is 0 Å². The summed E-state index contributed by atoms with van der Waals surface area (Å²) in [5, 5.41) is 0. The molecular weight excluding hydrogens is 212 g/mol. The molecule has 0 aromatic heterocycles. The highest BCUT2D eigenvalue weighted by Crippen LogP contribution is 2.10. The molecule has 3 nitrogen and oxygen atoms in total. The van der Waals surface area contributed by atoms with E-state index in [0.717, 1.165) is 13.1 Å². The maximum atomic E-state index is 12.1. The molecule has 2 amide bonds. The monoisotopic (exact) mass is 234 g/mol. The number of aryl methyl sites for hydroxylation is 1. The fourth-order valence-electron chi connectivity index (χ4n) is 1.85. The number of urea groups is 1. The summed E-state index contributed by atoms with van der Waals surface area (Å²) in [6, 6.07) is 8.27. The predicted octanol–water partition coefficient (Wildman–Crippen LogP) is 2.89. The molecule has 0 saturated heterocycles. The summed E-state index contributed by atoms with van der Waals surface area (Å²) in [6.07, 6.45) is 0. The average Bonchev–Trinajstić information content (AvgIpc) is 2.33. The van der Waals surface area contributed by atoms with Gasteiger partial charge in [0.1, 0.15) is 0 Å². The molecule has 0 aliphatic carbocycles. The molecule has 1 aromatic rings. The molecule has 0 radical (unpaired) electrons. The van der Waals surface area contributed by atoms with Crippen LogP contribution in [0.5, 0.6) is 0 Å². The first-order valence-electron chi connectivity index (χ1n) is 6.14. The zero-order chi connectivity index (χ0) is 12.8. The Morgan fingerprint density at radius 1 is 1.18 bits per heavy atom. The first-order chi connectivity index (χ1) is 8.10. The van der Waals surface area contributed by atoms with E-state index in [2.05, 4.69) is 19.1 Å². The molecule has 17 heavy (non-hydrogen) atoms. The van der Waals surface area contributed by atoms with E-state index in [9.17, 15) is 4.79 Å². The van der Waals surface area contributed by atoms with Gasteiger partial charge in [0.25, 0.3) is 0 Å². The SMILES string of the molecule is CCN(CC)C(=O)N(C)Cc1ccccc1C. The molecule has 1 rings (SSSR count). The maximum absolute atomic E-state index is 12.1. The highest BCUT2D eigenvalue weighted by Gasteiger charge is 2.15. The van der Waals surface area contributed by atoms with Crippen molar-refractivity contribution >= 4 is 6.03 Å². The van der Waals surface area contributed by atoms with E-state index in [1.807, 2.05) is 37.9 Å². The molecule has 1 aromatic carbocycles. The molecule has 3 heteroatoms. The Kier molecular flexibility index (Phi) is 5.01. The molecule has 0 atom stereocenters. The third kappa shape index (κ3) is 3.48. The second-order valence-corrected chi connectivity index (χ2v) is 4.24. The lowest BCUT2D eigenvalue weighted by Crippen LogP contribution is -2.40. The van der Waals surface area contributed by atoms with Gasteiger partial charge in [-0.05, 0) is 31.9 Å². The first-order valence-corrected chi connectivity index (χ1v) is 6.14. The molecule has 0 heterocycles. The van der Waals surface area contributed by atoms with Crippen molar-refractivity contribution in [2.75, 3.05) is 20.1 Å². The summed E-state index contributed by atoms with van der Waals surface area (Å²) in [4.78, 5) is 15.7. The summed E-state index contributed by atoms with van der Waals surface area (Å²) in [5.74, 6) is 0. The summed E-state index contributed by atoms with van der Waals surface area (Å²) >= 11 is 0.